The normalized spacial score (nSPS) is 10.4. The van der Waals surface area contributed by atoms with Gasteiger partial charge in [0.05, 0.1) is 15.2 Å². The van der Waals surface area contributed by atoms with Gasteiger partial charge in [-0.05, 0) is 46.3 Å². The molecule has 1 heterocycles. The highest BCUT2D eigenvalue weighted by atomic mass is 79.9. The van der Waals surface area contributed by atoms with Crippen LogP contribution in [-0.2, 0) is 6.54 Å². The van der Waals surface area contributed by atoms with E-state index in [0.717, 1.165) is 16.7 Å². The number of hydrogen-bond acceptors (Lipinski definition) is 3. The van der Waals surface area contributed by atoms with Crippen molar-refractivity contribution < 1.29 is 0 Å². The first-order valence-corrected chi connectivity index (χ1v) is 7.91. The topological polar surface area (TPSA) is 15.3 Å². The average Bonchev–Trinajstić information content (AvgIpc) is 2.72. The number of benzene rings is 1. The molecule has 0 unspecified atom stereocenters. The molecule has 1 N–H and O–H groups in total. The minimum Gasteiger partial charge on any atom is -0.378 e. The summed E-state index contributed by atoms with van der Waals surface area (Å²) in [6, 6.07) is 10.5. The fraction of sp³-hybridized carbons (Fsp3) is 0.231. The first-order chi connectivity index (χ1) is 8.56. The maximum absolute atomic E-state index is 3.51. The highest BCUT2D eigenvalue weighted by molar-refractivity contribution is 9.11. The van der Waals surface area contributed by atoms with E-state index in [-0.39, 0.29) is 0 Å². The molecule has 96 valence electrons. The Morgan fingerprint density at radius 1 is 1.17 bits per heavy atom. The van der Waals surface area contributed by atoms with Gasteiger partial charge in [-0.3, -0.25) is 0 Å². The number of hydrogen-bond donors (Lipinski definition) is 1. The van der Waals surface area contributed by atoms with Gasteiger partial charge in [0.25, 0.3) is 0 Å². The molecular formula is C13H14Br2N2S. The number of nitrogens with one attached hydrogen (secondary N) is 1. The van der Waals surface area contributed by atoms with Gasteiger partial charge >= 0.3 is 0 Å². The SMILES string of the molecule is CN(C)c1ccc(Br)cc1NCc1ccc(Br)s1. The van der Waals surface area contributed by atoms with Crippen LogP contribution in [0, 0.1) is 0 Å². The molecule has 0 aliphatic rings. The Balaban J connectivity index is 2.15. The second-order valence-electron chi connectivity index (χ2n) is 4.12. The molecule has 0 aliphatic heterocycles. The Morgan fingerprint density at radius 3 is 2.56 bits per heavy atom. The zero-order valence-electron chi connectivity index (χ0n) is 10.2. The molecule has 2 rings (SSSR count). The lowest BCUT2D eigenvalue weighted by atomic mass is 10.2. The third-order valence-corrected chi connectivity index (χ3v) is 4.64. The Labute approximate surface area is 128 Å². The zero-order valence-corrected chi connectivity index (χ0v) is 14.2. The first kappa shape index (κ1) is 13.9. The van der Waals surface area contributed by atoms with Gasteiger partial charge < -0.3 is 10.2 Å². The van der Waals surface area contributed by atoms with Crippen molar-refractivity contribution in [2.24, 2.45) is 0 Å². The van der Waals surface area contributed by atoms with Crippen molar-refractivity contribution in [1.82, 2.24) is 0 Å². The second-order valence-corrected chi connectivity index (χ2v) is 7.58. The predicted molar refractivity (Wildman–Crippen MR) is 87.8 cm³/mol. The lowest BCUT2D eigenvalue weighted by Gasteiger charge is -2.18. The molecule has 2 aromatic rings. The van der Waals surface area contributed by atoms with Crippen LogP contribution in [0.3, 0.4) is 0 Å². The summed E-state index contributed by atoms with van der Waals surface area (Å²) in [6.07, 6.45) is 0. The van der Waals surface area contributed by atoms with E-state index < -0.39 is 0 Å². The van der Waals surface area contributed by atoms with Gasteiger partial charge in [0.1, 0.15) is 0 Å². The Kier molecular flexibility index (Phi) is 4.70. The number of nitrogens with zero attached hydrogens (tertiary/aromatic N) is 1. The van der Waals surface area contributed by atoms with Crippen molar-refractivity contribution in [1.29, 1.82) is 0 Å². The average molecular weight is 390 g/mol. The molecule has 0 saturated heterocycles. The highest BCUT2D eigenvalue weighted by Gasteiger charge is 2.05. The van der Waals surface area contributed by atoms with Crippen molar-refractivity contribution in [2.45, 2.75) is 6.54 Å². The molecule has 18 heavy (non-hydrogen) atoms. The first-order valence-electron chi connectivity index (χ1n) is 5.51. The van der Waals surface area contributed by atoms with E-state index in [1.54, 1.807) is 11.3 Å². The maximum Gasteiger partial charge on any atom is 0.0702 e. The monoisotopic (exact) mass is 388 g/mol. The summed E-state index contributed by atoms with van der Waals surface area (Å²) in [5, 5.41) is 3.48. The number of anilines is 2. The number of thiophene rings is 1. The molecule has 1 aromatic heterocycles. The second kappa shape index (κ2) is 6.08. The van der Waals surface area contributed by atoms with Crippen LogP contribution in [0.25, 0.3) is 0 Å². The van der Waals surface area contributed by atoms with Gasteiger partial charge in [-0.2, -0.15) is 0 Å². The van der Waals surface area contributed by atoms with Crippen LogP contribution in [-0.4, -0.2) is 14.1 Å². The molecule has 0 amide bonds. The van der Waals surface area contributed by atoms with Crippen LogP contribution in [0.1, 0.15) is 4.88 Å². The van der Waals surface area contributed by atoms with Gasteiger partial charge in [0.2, 0.25) is 0 Å². The molecule has 0 fully saturated rings. The Hall–Kier alpha value is -0.520. The van der Waals surface area contributed by atoms with Crippen molar-refractivity contribution >= 4 is 54.6 Å². The van der Waals surface area contributed by atoms with E-state index in [2.05, 4.69) is 86.5 Å². The van der Waals surface area contributed by atoms with Gasteiger partial charge in [-0.25, -0.2) is 0 Å². The van der Waals surface area contributed by atoms with Crippen molar-refractivity contribution in [2.75, 3.05) is 24.3 Å². The summed E-state index contributed by atoms with van der Waals surface area (Å²) in [6.45, 7) is 0.841. The molecule has 0 bridgehead atoms. The molecule has 0 atom stereocenters. The van der Waals surface area contributed by atoms with Crippen LogP contribution in [0.15, 0.2) is 38.6 Å². The molecule has 2 nitrogen and oxygen atoms in total. The number of halogens is 2. The molecule has 0 spiro atoms. The molecular weight excluding hydrogens is 376 g/mol. The van der Waals surface area contributed by atoms with E-state index in [4.69, 9.17) is 0 Å². The van der Waals surface area contributed by atoms with Crippen LogP contribution < -0.4 is 10.2 Å². The third-order valence-electron chi connectivity index (χ3n) is 2.52. The Morgan fingerprint density at radius 2 is 1.94 bits per heavy atom. The van der Waals surface area contributed by atoms with Gasteiger partial charge in [0, 0.05) is 30.0 Å². The standard InChI is InChI=1S/C13H14Br2N2S/c1-17(2)12-5-3-9(14)7-11(12)16-8-10-4-6-13(15)18-10/h3-7,16H,8H2,1-2H3. The van der Waals surface area contributed by atoms with Crippen LogP contribution in [0.5, 0.6) is 0 Å². The van der Waals surface area contributed by atoms with Crippen molar-refractivity contribution in [3.63, 3.8) is 0 Å². The third kappa shape index (κ3) is 3.49. The molecule has 0 saturated carbocycles. The van der Waals surface area contributed by atoms with Crippen molar-refractivity contribution in [3.05, 3.63) is 43.5 Å². The zero-order chi connectivity index (χ0) is 13.1. The minimum atomic E-state index is 0.841. The maximum atomic E-state index is 3.51. The van der Waals surface area contributed by atoms with Gasteiger partial charge in [-0.15, -0.1) is 11.3 Å². The molecule has 0 radical (unpaired) electrons. The van der Waals surface area contributed by atoms with Gasteiger partial charge in [-0.1, -0.05) is 15.9 Å². The number of rotatable bonds is 4. The smallest absolute Gasteiger partial charge is 0.0702 e. The van der Waals surface area contributed by atoms with E-state index in [0.29, 0.717) is 0 Å². The Bertz CT molecular complexity index is 538. The van der Waals surface area contributed by atoms with E-state index in [9.17, 15) is 0 Å². The molecule has 1 aromatic carbocycles. The highest BCUT2D eigenvalue weighted by Crippen LogP contribution is 2.29. The van der Waals surface area contributed by atoms with Crippen LogP contribution in [0.2, 0.25) is 0 Å². The summed E-state index contributed by atoms with van der Waals surface area (Å²) >= 11 is 8.75. The van der Waals surface area contributed by atoms with E-state index in [1.165, 1.54) is 14.4 Å². The largest absolute Gasteiger partial charge is 0.378 e. The summed E-state index contributed by atoms with van der Waals surface area (Å²) in [4.78, 5) is 3.42. The quantitative estimate of drug-likeness (QED) is 0.795. The fourth-order valence-corrected chi connectivity index (χ4v) is 3.45. The van der Waals surface area contributed by atoms with Crippen LogP contribution in [0.4, 0.5) is 11.4 Å². The summed E-state index contributed by atoms with van der Waals surface area (Å²) < 4.78 is 2.25. The summed E-state index contributed by atoms with van der Waals surface area (Å²) in [5.74, 6) is 0. The lowest BCUT2D eigenvalue weighted by Crippen LogP contribution is -2.12. The summed E-state index contributed by atoms with van der Waals surface area (Å²) in [7, 11) is 4.10. The van der Waals surface area contributed by atoms with Crippen LogP contribution >= 0.6 is 43.2 Å². The fourth-order valence-electron chi connectivity index (χ4n) is 1.67. The van der Waals surface area contributed by atoms with Crippen molar-refractivity contribution in [3.8, 4) is 0 Å². The predicted octanol–water partition coefficient (Wildman–Crippen LogP) is 4.95. The molecule has 5 heteroatoms. The van der Waals surface area contributed by atoms with E-state index >= 15 is 0 Å². The lowest BCUT2D eigenvalue weighted by molar-refractivity contribution is 1.11. The minimum absolute atomic E-state index is 0.841. The van der Waals surface area contributed by atoms with E-state index in [1.807, 2.05) is 0 Å². The van der Waals surface area contributed by atoms with Gasteiger partial charge in [0.15, 0.2) is 0 Å². The summed E-state index contributed by atoms with van der Waals surface area (Å²) in [5.41, 5.74) is 2.33. The molecule has 0 aliphatic carbocycles.